The van der Waals surface area contributed by atoms with Crippen LogP contribution < -0.4 is 5.73 Å². The minimum atomic E-state index is -1.28. The van der Waals surface area contributed by atoms with Crippen LogP contribution in [0.5, 0.6) is 0 Å². The average Bonchev–Trinajstić information content (AvgIpc) is 2.53. The Kier molecular flexibility index (Phi) is 2.99. The lowest BCUT2D eigenvalue weighted by Crippen LogP contribution is -2.29. The number of carbonyl (C=O) groups is 1. The van der Waals surface area contributed by atoms with Gasteiger partial charge in [-0.05, 0) is 18.4 Å². The van der Waals surface area contributed by atoms with Crippen LogP contribution in [0.25, 0.3) is 0 Å². The predicted molar refractivity (Wildman–Crippen MR) is 49.4 cm³/mol. The van der Waals surface area contributed by atoms with Gasteiger partial charge in [0.2, 0.25) is 5.91 Å². The van der Waals surface area contributed by atoms with Gasteiger partial charge in [-0.25, -0.2) is 0 Å². The molecule has 1 amide bonds. The van der Waals surface area contributed by atoms with Crippen molar-refractivity contribution in [2.75, 3.05) is 0 Å². The first-order valence-corrected chi connectivity index (χ1v) is 5.45. The van der Waals surface area contributed by atoms with Crippen molar-refractivity contribution in [1.29, 1.82) is 0 Å². The standard InChI is InChI=1S/C7H9NO2S2/c1-5(7(8)9)12(10)6-3-2-4-11-6/h2-5H,1H3,(H2,8,9). The molecule has 0 bridgehead atoms. The van der Waals surface area contributed by atoms with Gasteiger partial charge < -0.3 is 5.73 Å². The zero-order valence-corrected chi connectivity index (χ0v) is 8.15. The van der Waals surface area contributed by atoms with E-state index in [9.17, 15) is 9.00 Å². The molecule has 0 spiro atoms. The Morgan fingerprint density at radius 2 is 2.42 bits per heavy atom. The molecule has 1 rings (SSSR count). The van der Waals surface area contributed by atoms with Gasteiger partial charge in [0.1, 0.15) is 5.25 Å². The van der Waals surface area contributed by atoms with Crippen LogP contribution in [0.4, 0.5) is 0 Å². The van der Waals surface area contributed by atoms with Crippen molar-refractivity contribution in [3.63, 3.8) is 0 Å². The molecule has 0 aliphatic carbocycles. The molecule has 66 valence electrons. The van der Waals surface area contributed by atoms with Crippen molar-refractivity contribution in [1.82, 2.24) is 0 Å². The van der Waals surface area contributed by atoms with E-state index >= 15 is 0 Å². The number of nitrogens with two attached hydrogens (primary N) is 1. The first-order valence-electron chi connectivity index (χ1n) is 3.36. The molecular weight excluding hydrogens is 194 g/mol. The maximum Gasteiger partial charge on any atom is 0.233 e. The highest BCUT2D eigenvalue weighted by molar-refractivity contribution is 7.88. The van der Waals surface area contributed by atoms with Crippen LogP contribution in [0, 0.1) is 0 Å². The van der Waals surface area contributed by atoms with Gasteiger partial charge in [-0.15, -0.1) is 11.3 Å². The van der Waals surface area contributed by atoms with Crippen molar-refractivity contribution >= 4 is 28.0 Å². The van der Waals surface area contributed by atoms with Crippen LogP contribution in [0.2, 0.25) is 0 Å². The normalized spacial score (nSPS) is 15.4. The fourth-order valence-corrected chi connectivity index (χ4v) is 2.86. The summed E-state index contributed by atoms with van der Waals surface area (Å²) < 4.78 is 12.2. The van der Waals surface area contributed by atoms with Crippen molar-refractivity contribution in [3.05, 3.63) is 17.5 Å². The summed E-state index contributed by atoms with van der Waals surface area (Å²) >= 11 is 1.37. The van der Waals surface area contributed by atoms with E-state index in [1.807, 2.05) is 5.38 Å². The summed E-state index contributed by atoms with van der Waals surface area (Å²) in [7, 11) is -1.28. The van der Waals surface area contributed by atoms with Crippen molar-refractivity contribution in [2.45, 2.75) is 16.4 Å². The van der Waals surface area contributed by atoms with Crippen LogP contribution in [0.3, 0.4) is 0 Å². The van der Waals surface area contributed by atoms with Crippen LogP contribution in [0.1, 0.15) is 6.92 Å². The minimum Gasteiger partial charge on any atom is -0.369 e. The molecule has 0 saturated carbocycles. The van der Waals surface area contributed by atoms with Crippen LogP contribution in [-0.4, -0.2) is 15.4 Å². The fourth-order valence-electron chi connectivity index (χ4n) is 0.658. The van der Waals surface area contributed by atoms with Crippen LogP contribution in [0.15, 0.2) is 21.7 Å². The molecule has 0 aliphatic rings. The van der Waals surface area contributed by atoms with E-state index in [1.54, 1.807) is 19.1 Å². The Labute approximate surface area is 77.0 Å². The highest BCUT2D eigenvalue weighted by atomic mass is 32.2. The summed E-state index contributed by atoms with van der Waals surface area (Å²) in [4.78, 5) is 10.7. The highest BCUT2D eigenvalue weighted by Crippen LogP contribution is 2.16. The lowest BCUT2D eigenvalue weighted by atomic mass is 10.5. The Morgan fingerprint density at radius 1 is 1.75 bits per heavy atom. The summed E-state index contributed by atoms with van der Waals surface area (Å²) in [5.74, 6) is -0.526. The summed E-state index contributed by atoms with van der Waals surface area (Å²) in [5.41, 5.74) is 5.02. The van der Waals surface area contributed by atoms with Gasteiger partial charge in [0.15, 0.2) is 0 Å². The number of rotatable bonds is 3. The molecule has 1 aromatic rings. The van der Waals surface area contributed by atoms with E-state index in [2.05, 4.69) is 0 Å². The Hall–Kier alpha value is -0.680. The SMILES string of the molecule is CC(C(N)=O)S(=O)c1cccs1. The molecule has 0 saturated heterocycles. The number of hydrogen-bond acceptors (Lipinski definition) is 3. The smallest absolute Gasteiger partial charge is 0.233 e. The molecule has 1 heterocycles. The molecule has 2 unspecified atom stereocenters. The molecule has 5 heteroatoms. The Balaban J connectivity index is 2.79. The van der Waals surface area contributed by atoms with Crippen molar-refractivity contribution < 1.29 is 9.00 Å². The van der Waals surface area contributed by atoms with Gasteiger partial charge in [-0.1, -0.05) is 6.07 Å². The molecule has 2 atom stereocenters. The van der Waals surface area contributed by atoms with Crippen LogP contribution >= 0.6 is 11.3 Å². The van der Waals surface area contributed by atoms with Gasteiger partial charge >= 0.3 is 0 Å². The Morgan fingerprint density at radius 3 is 2.83 bits per heavy atom. The molecular formula is C7H9NO2S2. The van der Waals surface area contributed by atoms with Crippen molar-refractivity contribution in [3.8, 4) is 0 Å². The largest absolute Gasteiger partial charge is 0.369 e. The second kappa shape index (κ2) is 3.82. The molecule has 12 heavy (non-hydrogen) atoms. The second-order valence-electron chi connectivity index (χ2n) is 2.27. The van der Waals surface area contributed by atoms with Gasteiger partial charge in [-0.3, -0.25) is 9.00 Å². The van der Waals surface area contributed by atoms with Crippen LogP contribution in [-0.2, 0) is 15.6 Å². The fraction of sp³-hybridized carbons (Fsp3) is 0.286. The predicted octanol–water partition coefficient (Wildman–Crippen LogP) is 0.729. The third-order valence-electron chi connectivity index (χ3n) is 1.42. The molecule has 3 nitrogen and oxygen atoms in total. The number of primary amides is 1. The van der Waals surface area contributed by atoms with E-state index in [-0.39, 0.29) is 0 Å². The highest BCUT2D eigenvalue weighted by Gasteiger charge is 2.18. The molecule has 1 aromatic heterocycles. The van der Waals surface area contributed by atoms with E-state index in [0.717, 1.165) is 0 Å². The zero-order valence-electron chi connectivity index (χ0n) is 6.52. The third-order valence-corrected chi connectivity index (χ3v) is 4.27. The second-order valence-corrected chi connectivity index (χ2v) is 5.22. The average molecular weight is 203 g/mol. The van der Waals surface area contributed by atoms with Gasteiger partial charge in [-0.2, -0.15) is 0 Å². The van der Waals surface area contributed by atoms with Gasteiger partial charge in [0, 0.05) is 0 Å². The summed E-state index contributed by atoms with van der Waals surface area (Å²) in [6, 6.07) is 3.53. The molecule has 0 aromatic carbocycles. The first-order chi connectivity index (χ1) is 5.63. The maximum absolute atomic E-state index is 11.5. The Bertz CT molecular complexity index is 294. The van der Waals surface area contributed by atoms with Gasteiger partial charge in [0.05, 0.1) is 15.0 Å². The topological polar surface area (TPSA) is 60.2 Å². The summed E-state index contributed by atoms with van der Waals surface area (Å²) in [6.45, 7) is 1.57. The van der Waals surface area contributed by atoms with E-state index in [0.29, 0.717) is 4.21 Å². The molecule has 0 radical (unpaired) electrons. The quantitative estimate of drug-likeness (QED) is 0.787. The maximum atomic E-state index is 11.5. The molecule has 0 aliphatic heterocycles. The zero-order chi connectivity index (χ0) is 9.14. The first kappa shape index (κ1) is 9.41. The molecule has 2 N–H and O–H groups in total. The number of amides is 1. The lowest BCUT2D eigenvalue weighted by Gasteiger charge is -2.03. The number of thiophene rings is 1. The van der Waals surface area contributed by atoms with E-state index < -0.39 is 22.0 Å². The number of carbonyl (C=O) groups excluding carboxylic acids is 1. The summed E-state index contributed by atoms with van der Waals surface area (Å²) in [5, 5.41) is 1.21. The van der Waals surface area contributed by atoms with Gasteiger partial charge in [0.25, 0.3) is 0 Å². The third kappa shape index (κ3) is 1.92. The minimum absolute atomic E-state index is 0.526. The van der Waals surface area contributed by atoms with E-state index in [1.165, 1.54) is 11.3 Å². The number of hydrogen-bond donors (Lipinski definition) is 1. The van der Waals surface area contributed by atoms with E-state index in [4.69, 9.17) is 5.73 Å². The molecule has 0 fully saturated rings. The van der Waals surface area contributed by atoms with Crippen molar-refractivity contribution in [2.24, 2.45) is 5.73 Å². The summed E-state index contributed by atoms with van der Waals surface area (Å²) in [6.07, 6.45) is 0. The lowest BCUT2D eigenvalue weighted by molar-refractivity contribution is -0.117. The monoisotopic (exact) mass is 203 g/mol.